The maximum atomic E-state index is 11.3. The zero-order chi connectivity index (χ0) is 12.7. The normalized spacial score (nSPS) is 10.6. The van der Waals surface area contributed by atoms with Gasteiger partial charge in [-0.15, -0.1) is 0 Å². The third-order valence-corrected chi connectivity index (χ3v) is 2.26. The molecule has 0 unspecified atom stereocenters. The second-order valence-corrected chi connectivity index (χ2v) is 3.73. The molecular formula is C13H17NO3. The Labute approximate surface area is 101 Å². The van der Waals surface area contributed by atoms with E-state index >= 15 is 0 Å². The highest BCUT2D eigenvalue weighted by atomic mass is 16.3. The monoisotopic (exact) mass is 235 g/mol. The highest BCUT2D eigenvalue weighted by Gasteiger charge is 1.98. The van der Waals surface area contributed by atoms with Gasteiger partial charge in [0, 0.05) is 12.6 Å². The van der Waals surface area contributed by atoms with E-state index in [1.165, 1.54) is 18.2 Å². The predicted octanol–water partition coefficient (Wildman–Crippen LogP) is 2.03. The SMILES string of the molecule is CCCCNC(=O)C=Cc1ccc(O)c(O)c1. The van der Waals surface area contributed by atoms with Crippen molar-refractivity contribution in [2.45, 2.75) is 19.8 Å². The van der Waals surface area contributed by atoms with Crippen LogP contribution in [0.5, 0.6) is 11.5 Å². The first-order chi connectivity index (χ1) is 8.13. The Morgan fingerprint density at radius 1 is 1.35 bits per heavy atom. The van der Waals surface area contributed by atoms with Crippen molar-refractivity contribution in [1.29, 1.82) is 0 Å². The highest BCUT2D eigenvalue weighted by Crippen LogP contribution is 2.25. The average molecular weight is 235 g/mol. The molecule has 17 heavy (non-hydrogen) atoms. The number of hydrogen-bond acceptors (Lipinski definition) is 3. The summed E-state index contributed by atoms with van der Waals surface area (Å²) < 4.78 is 0. The van der Waals surface area contributed by atoms with E-state index in [-0.39, 0.29) is 17.4 Å². The Morgan fingerprint density at radius 2 is 2.12 bits per heavy atom. The predicted molar refractivity (Wildman–Crippen MR) is 66.7 cm³/mol. The van der Waals surface area contributed by atoms with Crippen LogP contribution >= 0.6 is 0 Å². The summed E-state index contributed by atoms with van der Waals surface area (Å²) in [6.45, 7) is 2.72. The Hall–Kier alpha value is -1.97. The number of carbonyl (C=O) groups excluding carboxylic acids is 1. The smallest absolute Gasteiger partial charge is 0.243 e. The van der Waals surface area contributed by atoms with Crippen molar-refractivity contribution in [3.05, 3.63) is 29.8 Å². The molecule has 3 N–H and O–H groups in total. The molecule has 0 aromatic heterocycles. The van der Waals surface area contributed by atoms with Gasteiger partial charge in [-0.1, -0.05) is 19.4 Å². The number of aromatic hydroxyl groups is 2. The van der Waals surface area contributed by atoms with Crippen molar-refractivity contribution in [2.24, 2.45) is 0 Å². The van der Waals surface area contributed by atoms with Crippen molar-refractivity contribution in [1.82, 2.24) is 5.32 Å². The molecule has 0 fully saturated rings. The lowest BCUT2D eigenvalue weighted by Gasteiger charge is -2.00. The van der Waals surface area contributed by atoms with Crippen LogP contribution in [0.25, 0.3) is 6.08 Å². The van der Waals surface area contributed by atoms with Crippen LogP contribution in [0.3, 0.4) is 0 Å². The van der Waals surface area contributed by atoms with E-state index < -0.39 is 0 Å². The number of phenolic OH excluding ortho intramolecular Hbond substituents is 2. The molecule has 1 aromatic carbocycles. The third kappa shape index (κ3) is 4.59. The van der Waals surface area contributed by atoms with E-state index in [4.69, 9.17) is 5.11 Å². The number of rotatable bonds is 5. The van der Waals surface area contributed by atoms with Gasteiger partial charge >= 0.3 is 0 Å². The van der Waals surface area contributed by atoms with Crippen molar-refractivity contribution in [3.8, 4) is 11.5 Å². The van der Waals surface area contributed by atoms with Crippen molar-refractivity contribution < 1.29 is 15.0 Å². The minimum atomic E-state index is -0.196. The molecule has 0 radical (unpaired) electrons. The van der Waals surface area contributed by atoms with Gasteiger partial charge in [-0.2, -0.15) is 0 Å². The van der Waals surface area contributed by atoms with Crippen molar-refractivity contribution in [2.75, 3.05) is 6.54 Å². The molecule has 4 nitrogen and oxygen atoms in total. The second-order valence-electron chi connectivity index (χ2n) is 3.73. The molecule has 0 aliphatic heterocycles. The summed E-state index contributed by atoms with van der Waals surface area (Å²) in [5.41, 5.74) is 0.658. The summed E-state index contributed by atoms with van der Waals surface area (Å²) >= 11 is 0. The van der Waals surface area contributed by atoms with E-state index in [2.05, 4.69) is 12.2 Å². The number of phenols is 2. The van der Waals surface area contributed by atoms with Crippen molar-refractivity contribution >= 4 is 12.0 Å². The first-order valence-corrected chi connectivity index (χ1v) is 5.61. The number of nitrogens with one attached hydrogen (secondary N) is 1. The van der Waals surface area contributed by atoms with Gasteiger partial charge in [-0.3, -0.25) is 4.79 Å². The molecule has 0 aliphatic rings. The van der Waals surface area contributed by atoms with Crippen LogP contribution in [0.2, 0.25) is 0 Å². The van der Waals surface area contributed by atoms with Crippen LogP contribution in [-0.2, 0) is 4.79 Å². The summed E-state index contributed by atoms with van der Waals surface area (Å²) in [4.78, 5) is 11.3. The quantitative estimate of drug-likeness (QED) is 0.415. The summed E-state index contributed by atoms with van der Waals surface area (Å²) in [7, 11) is 0. The number of amides is 1. The number of unbranched alkanes of at least 4 members (excludes halogenated alkanes) is 1. The van der Waals surface area contributed by atoms with E-state index in [1.54, 1.807) is 12.1 Å². The van der Waals surface area contributed by atoms with Crippen LogP contribution in [-0.4, -0.2) is 22.7 Å². The largest absolute Gasteiger partial charge is 0.504 e. The fraction of sp³-hybridized carbons (Fsp3) is 0.308. The Kier molecular flexibility index (Phi) is 5.07. The zero-order valence-electron chi connectivity index (χ0n) is 9.81. The second kappa shape index (κ2) is 6.58. The molecule has 1 amide bonds. The highest BCUT2D eigenvalue weighted by molar-refractivity contribution is 5.91. The first-order valence-electron chi connectivity index (χ1n) is 5.61. The minimum absolute atomic E-state index is 0.161. The van der Waals surface area contributed by atoms with Crippen molar-refractivity contribution in [3.63, 3.8) is 0 Å². The van der Waals surface area contributed by atoms with E-state index in [1.807, 2.05) is 0 Å². The standard InChI is InChI=1S/C13H17NO3/c1-2-3-8-14-13(17)7-5-10-4-6-11(15)12(16)9-10/h4-7,9,15-16H,2-3,8H2,1H3,(H,14,17). The first kappa shape index (κ1) is 13.1. The molecule has 4 heteroatoms. The van der Waals surface area contributed by atoms with Crippen LogP contribution in [0, 0.1) is 0 Å². The lowest BCUT2D eigenvalue weighted by molar-refractivity contribution is -0.116. The third-order valence-electron chi connectivity index (χ3n) is 2.26. The molecule has 1 aromatic rings. The lowest BCUT2D eigenvalue weighted by atomic mass is 10.2. The molecule has 0 spiro atoms. The maximum absolute atomic E-state index is 11.3. The summed E-state index contributed by atoms with van der Waals surface area (Å²) in [5, 5.41) is 21.1. The molecule has 92 valence electrons. The fourth-order valence-electron chi connectivity index (χ4n) is 1.26. The molecule has 0 aliphatic carbocycles. The van der Waals surface area contributed by atoms with Crippen LogP contribution in [0.1, 0.15) is 25.3 Å². The minimum Gasteiger partial charge on any atom is -0.504 e. The van der Waals surface area contributed by atoms with Crippen LogP contribution < -0.4 is 5.32 Å². The Morgan fingerprint density at radius 3 is 2.76 bits per heavy atom. The number of benzene rings is 1. The summed E-state index contributed by atoms with van der Waals surface area (Å²) in [6, 6.07) is 4.39. The Bertz CT molecular complexity index is 413. The maximum Gasteiger partial charge on any atom is 0.243 e. The van der Waals surface area contributed by atoms with E-state index in [0.717, 1.165) is 12.8 Å². The van der Waals surface area contributed by atoms with Gasteiger partial charge in [-0.25, -0.2) is 0 Å². The van der Waals surface area contributed by atoms with Gasteiger partial charge in [0.15, 0.2) is 11.5 Å². The molecule has 0 saturated heterocycles. The lowest BCUT2D eigenvalue weighted by Crippen LogP contribution is -2.21. The number of carbonyl (C=O) groups is 1. The Balaban J connectivity index is 2.52. The van der Waals surface area contributed by atoms with Crippen LogP contribution in [0.4, 0.5) is 0 Å². The van der Waals surface area contributed by atoms with Gasteiger partial charge in [0.05, 0.1) is 0 Å². The van der Waals surface area contributed by atoms with Crippen LogP contribution in [0.15, 0.2) is 24.3 Å². The molecule has 1 rings (SSSR count). The molecule has 0 atom stereocenters. The van der Waals surface area contributed by atoms with E-state index in [9.17, 15) is 9.90 Å². The van der Waals surface area contributed by atoms with E-state index in [0.29, 0.717) is 12.1 Å². The topological polar surface area (TPSA) is 69.6 Å². The molecule has 0 bridgehead atoms. The van der Waals surface area contributed by atoms with Gasteiger partial charge in [-0.05, 0) is 30.2 Å². The molecular weight excluding hydrogens is 218 g/mol. The van der Waals surface area contributed by atoms with Gasteiger partial charge in [0.2, 0.25) is 5.91 Å². The summed E-state index contributed by atoms with van der Waals surface area (Å²) in [5.74, 6) is -0.529. The fourth-order valence-corrected chi connectivity index (χ4v) is 1.26. The average Bonchev–Trinajstić information content (AvgIpc) is 2.31. The number of hydrogen-bond donors (Lipinski definition) is 3. The van der Waals surface area contributed by atoms with Gasteiger partial charge < -0.3 is 15.5 Å². The summed E-state index contributed by atoms with van der Waals surface area (Å²) in [6.07, 6.45) is 4.98. The zero-order valence-corrected chi connectivity index (χ0v) is 9.81. The van der Waals surface area contributed by atoms with Gasteiger partial charge in [0.25, 0.3) is 0 Å². The molecule has 0 saturated carbocycles. The molecule has 0 heterocycles. The van der Waals surface area contributed by atoms with Gasteiger partial charge in [0.1, 0.15) is 0 Å².